The number of methoxy groups -OCH3 is 1. The molecule has 2 heterocycles. The monoisotopic (exact) mass is 808 g/mol. The molecule has 0 aromatic carbocycles. The predicted octanol–water partition coefficient (Wildman–Crippen LogP) is 2.50. The summed E-state index contributed by atoms with van der Waals surface area (Å²) in [6.07, 6.45) is -5.33. The summed E-state index contributed by atoms with van der Waals surface area (Å²) in [7, 11) is 1.17. The normalized spacial score (nSPS) is 51.5. The zero-order chi connectivity index (χ0) is 41.8. The van der Waals surface area contributed by atoms with Gasteiger partial charge >= 0.3 is 11.9 Å². The van der Waals surface area contributed by atoms with E-state index in [1.54, 1.807) is 0 Å². The Balaban J connectivity index is 1.15. The maximum Gasteiger partial charge on any atom is 0.337 e. The van der Waals surface area contributed by atoms with Gasteiger partial charge in [-0.25, -0.2) is 4.79 Å². The second-order valence-corrected chi connectivity index (χ2v) is 20.9. The fraction of sp³-hybridized carbons (Fsp3) is 0.907. The quantitative estimate of drug-likeness (QED) is 0.117. The van der Waals surface area contributed by atoms with Gasteiger partial charge in [0.15, 0.2) is 12.4 Å². The maximum atomic E-state index is 14.6. The highest BCUT2D eigenvalue weighted by Crippen LogP contribution is 2.76. The lowest BCUT2D eigenvalue weighted by Crippen LogP contribution is -2.66. The average molecular weight is 809 g/mol. The Labute approximate surface area is 336 Å². The van der Waals surface area contributed by atoms with Gasteiger partial charge in [0, 0.05) is 0 Å². The zero-order valence-corrected chi connectivity index (χ0v) is 34.9. The van der Waals surface area contributed by atoms with Crippen molar-refractivity contribution in [2.75, 3.05) is 13.7 Å². The molecule has 2 unspecified atom stereocenters. The van der Waals surface area contributed by atoms with Crippen LogP contribution in [0, 0.1) is 50.2 Å². The molecule has 7 rings (SSSR count). The van der Waals surface area contributed by atoms with E-state index in [1.165, 1.54) is 12.7 Å². The van der Waals surface area contributed by atoms with Crippen LogP contribution in [0.5, 0.6) is 0 Å². The van der Waals surface area contributed by atoms with E-state index in [4.69, 9.17) is 23.7 Å². The van der Waals surface area contributed by atoms with Crippen molar-refractivity contribution in [3.8, 4) is 0 Å². The van der Waals surface area contributed by atoms with E-state index in [0.29, 0.717) is 25.2 Å². The molecule has 0 aromatic heterocycles. The molecule has 0 amide bonds. The third-order valence-electron chi connectivity index (χ3n) is 17.4. The number of aliphatic hydroxyl groups is 7. The summed E-state index contributed by atoms with van der Waals surface area (Å²) in [6, 6.07) is 0. The third kappa shape index (κ3) is 6.48. The van der Waals surface area contributed by atoms with Crippen LogP contribution in [0.15, 0.2) is 11.6 Å². The van der Waals surface area contributed by atoms with Crippen LogP contribution in [0.2, 0.25) is 0 Å². The molecule has 324 valence electrons. The minimum absolute atomic E-state index is 0.0267. The number of hydrogen-bond donors (Lipinski definition) is 7. The first kappa shape index (κ1) is 43.4. The van der Waals surface area contributed by atoms with Crippen molar-refractivity contribution < 1.29 is 69.0 Å². The second-order valence-electron chi connectivity index (χ2n) is 20.9. The number of aliphatic hydroxyl groups excluding tert-OH is 7. The number of ether oxygens (including phenoxy) is 5. The van der Waals surface area contributed by atoms with E-state index >= 15 is 0 Å². The van der Waals surface area contributed by atoms with Crippen LogP contribution in [0.4, 0.5) is 0 Å². The molecule has 4 saturated carbocycles. The molecule has 0 radical (unpaired) electrons. The molecule has 2 saturated heterocycles. The summed E-state index contributed by atoms with van der Waals surface area (Å²) in [5, 5.41) is 73.3. The minimum atomic E-state index is -1.67. The Morgan fingerprint density at radius 2 is 1.40 bits per heavy atom. The van der Waals surface area contributed by atoms with Crippen LogP contribution >= 0.6 is 0 Å². The highest BCUT2D eigenvalue weighted by molar-refractivity contribution is 5.79. The van der Waals surface area contributed by atoms with E-state index in [1.807, 2.05) is 0 Å². The number of rotatable bonds is 6. The fourth-order valence-electron chi connectivity index (χ4n) is 13.7. The minimum Gasteiger partial charge on any atom is -0.467 e. The lowest BCUT2D eigenvalue weighted by Gasteiger charge is -2.71. The molecule has 7 aliphatic rings. The maximum absolute atomic E-state index is 14.6. The third-order valence-corrected chi connectivity index (χ3v) is 17.4. The van der Waals surface area contributed by atoms with Gasteiger partial charge in [-0.2, -0.15) is 0 Å². The van der Waals surface area contributed by atoms with Crippen molar-refractivity contribution in [2.45, 2.75) is 180 Å². The first-order chi connectivity index (χ1) is 26.5. The zero-order valence-electron chi connectivity index (χ0n) is 34.9. The van der Waals surface area contributed by atoms with Crippen molar-refractivity contribution in [3.05, 3.63) is 11.6 Å². The van der Waals surface area contributed by atoms with E-state index in [9.17, 15) is 45.3 Å². The van der Waals surface area contributed by atoms with E-state index in [2.05, 4.69) is 54.5 Å². The van der Waals surface area contributed by atoms with Gasteiger partial charge in [-0.05, 0) is 109 Å². The summed E-state index contributed by atoms with van der Waals surface area (Å²) in [5.41, 5.74) is -0.351. The van der Waals surface area contributed by atoms with Crippen LogP contribution in [-0.2, 0) is 33.3 Å². The van der Waals surface area contributed by atoms with Gasteiger partial charge < -0.3 is 59.4 Å². The van der Waals surface area contributed by atoms with Crippen molar-refractivity contribution >= 4 is 11.9 Å². The van der Waals surface area contributed by atoms with Crippen LogP contribution in [0.3, 0.4) is 0 Å². The molecule has 14 nitrogen and oxygen atoms in total. The van der Waals surface area contributed by atoms with E-state index in [0.717, 1.165) is 44.9 Å². The summed E-state index contributed by atoms with van der Waals surface area (Å²) >= 11 is 0. The summed E-state index contributed by atoms with van der Waals surface area (Å²) < 4.78 is 28.7. The van der Waals surface area contributed by atoms with Gasteiger partial charge in [0.05, 0.1) is 25.2 Å². The topological polar surface area (TPSA) is 222 Å². The van der Waals surface area contributed by atoms with Crippen molar-refractivity contribution in [1.29, 1.82) is 0 Å². The molecule has 6 fully saturated rings. The first-order valence-corrected chi connectivity index (χ1v) is 21.2. The SMILES string of the molecule is COC(=O)[C@H]1O[C@@H](O[C@H]2CC[C@@]3(C)C(CC[C@]4(C)C3CC=C3[C@@H]5CC(C)(C)CC[C@]5(C(=O)O[C@@H]5O[C@H](CO)[C@@H](O)[C@H](O)[C@H]5O)CC[C@]34C)C2(C)C)[C@H](O)[C@@H](O)[C@@H]1O. The molecule has 57 heavy (non-hydrogen) atoms. The number of fused-ring (bicyclic) bond motifs is 7. The van der Waals surface area contributed by atoms with Crippen molar-refractivity contribution in [2.24, 2.45) is 50.2 Å². The number of hydrogen-bond acceptors (Lipinski definition) is 14. The number of carbonyl (C=O) groups excluding carboxylic acids is 2. The highest BCUT2D eigenvalue weighted by atomic mass is 16.7. The average Bonchev–Trinajstić information content (AvgIpc) is 3.15. The van der Waals surface area contributed by atoms with Gasteiger partial charge in [-0.15, -0.1) is 0 Å². The Morgan fingerprint density at radius 3 is 2.07 bits per heavy atom. The van der Waals surface area contributed by atoms with Crippen LogP contribution in [-0.4, -0.2) is 129 Å². The Morgan fingerprint density at radius 1 is 0.754 bits per heavy atom. The van der Waals surface area contributed by atoms with Gasteiger partial charge in [-0.3, -0.25) is 4.79 Å². The van der Waals surface area contributed by atoms with Gasteiger partial charge in [0.2, 0.25) is 6.29 Å². The predicted molar refractivity (Wildman–Crippen MR) is 202 cm³/mol. The van der Waals surface area contributed by atoms with Gasteiger partial charge in [0.1, 0.15) is 42.7 Å². The lowest BCUT2D eigenvalue weighted by molar-refractivity contribution is -0.324. The standard InChI is InChI=1S/C43H68O14/c1-38(2)15-17-43(37(52)57-35-31(49)28(46)27(45)23(20-44)54-35)18-16-41(6)21(22(43)19-38)9-10-25-40(5)13-12-26(39(3,4)24(40)11-14-42(25,41)7)55-36-32(50)29(47)30(48)33(56-36)34(51)53-8/h9,22-33,35-36,44-50H,10-20H2,1-8H3/t22-,23+,24?,25?,26-,27+,28-,29-,30-,31+,32+,33-,35-,36+,40-,41+,42+,43-/m0/s1. The van der Waals surface area contributed by atoms with Gasteiger partial charge in [0.25, 0.3) is 0 Å². The van der Waals surface area contributed by atoms with Crippen LogP contribution < -0.4 is 0 Å². The smallest absolute Gasteiger partial charge is 0.337 e. The molecular weight excluding hydrogens is 740 g/mol. The molecule has 14 heteroatoms. The summed E-state index contributed by atoms with van der Waals surface area (Å²) in [5.74, 6) is -0.876. The van der Waals surface area contributed by atoms with Crippen molar-refractivity contribution in [1.82, 2.24) is 0 Å². The summed E-state index contributed by atoms with van der Waals surface area (Å²) in [4.78, 5) is 27.0. The molecule has 2 aliphatic heterocycles. The lowest BCUT2D eigenvalue weighted by atomic mass is 9.33. The highest BCUT2D eigenvalue weighted by Gasteiger charge is 2.70. The Kier molecular flexibility index (Phi) is 11.2. The molecule has 0 spiro atoms. The van der Waals surface area contributed by atoms with Crippen molar-refractivity contribution in [3.63, 3.8) is 0 Å². The molecule has 0 bridgehead atoms. The molecule has 7 N–H and O–H groups in total. The van der Waals surface area contributed by atoms with E-state index < -0.39 is 85.4 Å². The first-order valence-electron chi connectivity index (χ1n) is 21.2. The van der Waals surface area contributed by atoms with Gasteiger partial charge in [-0.1, -0.05) is 60.1 Å². The molecule has 0 aromatic rings. The second kappa shape index (κ2) is 14.7. The molecular formula is C43H68O14. The Hall–Kier alpha value is -1.72. The molecule has 5 aliphatic carbocycles. The fourth-order valence-corrected chi connectivity index (χ4v) is 13.7. The number of carbonyl (C=O) groups is 2. The number of allylic oxidation sites excluding steroid dienone is 2. The number of esters is 2. The largest absolute Gasteiger partial charge is 0.467 e. The van der Waals surface area contributed by atoms with Crippen LogP contribution in [0.25, 0.3) is 0 Å². The summed E-state index contributed by atoms with van der Waals surface area (Å²) in [6.45, 7) is 15.6. The molecule has 18 atom stereocenters. The van der Waals surface area contributed by atoms with Crippen LogP contribution in [0.1, 0.15) is 113 Å². The van der Waals surface area contributed by atoms with E-state index in [-0.39, 0.29) is 45.0 Å². The Bertz CT molecular complexity index is 1580.